The molecule has 1 amide bonds. The third-order valence-electron chi connectivity index (χ3n) is 6.30. The van der Waals surface area contributed by atoms with Crippen molar-refractivity contribution >= 4 is 12.1 Å². The lowest BCUT2D eigenvalue weighted by Crippen LogP contribution is -2.67. The average Bonchev–Trinajstić information content (AvgIpc) is 3.17. The van der Waals surface area contributed by atoms with Gasteiger partial charge in [0.25, 0.3) is 0 Å². The number of hydrogen-bond acceptors (Lipinski definition) is 4. The average molecular weight is 445 g/mol. The lowest BCUT2D eigenvalue weighted by atomic mass is 9.57. The lowest BCUT2D eigenvalue weighted by molar-refractivity contribution is -0.106. The van der Waals surface area contributed by atoms with E-state index in [1.165, 1.54) is 0 Å². The van der Waals surface area contributed by atoms with Gasteiger partial charge in [0.1, 0.15) is 5.60 Å². The highest BCUT2D eigenvalue weighted by Gasteiger charge is 2.59. The van der Waals surface area contributed by atoms with E-state index in [0.717, 1.165) is 36.7 Å². The van der Waals surface area contributed by atoms with Crippen LogP contribution in [-0.4, -0.2) is 54.9 Å². The Morgan fingerprint density at radius 1 is 1.25 bits per heavy atom. The second kappa shape index (κ2) is 9.69. The van der Waals surface area contributed by atoms with Gasteiger partial charge in [-0.05, 0) is 45.2 Å². The molecular weight excluding hydrogens is 404 g/mol. The number of benzene rings is 1. The van der Waals surface area contributed by atoms with Crippen molar-refractivity contribution in [3.63, 3.8) is 0 Å². The second-order valence-corrected chi connectivity index (χ2v) is 10.5. The van der Waals surface area contributed by atoms with Crippen LogP contribution in [0.3, 0.4) is 0 Å². The highest BCUT2D eigenvalue weighted by atomic mass is 16.6. The molecule has 2 N–H and O–H groups in total. The van der Waals surface area contributed by atoms with Gasteiger partial charge < -0.3 is 25.0 Å². The number of aliphatic imine (C=N–C) groups is 1. The molecule has 3 atom stereocenters. The van der Waals surface area contributed by atoms with E-state index >= 15 is 0 Å². The predicted octanol–water partition coefficient (Wildman–Crippen LogP) is 3.92. The van der Waals surface area contributed by atoms with Gasteiger partial charge in [-0.15, -0.1) is 0 Å². The first-order valence-corrected chi connectivity index (χ1v) is 11.7. The summed E-state index contributed by atoms with van der Waals surface area (Å²) in [5.41, 5.74) is 1.80. The fourth-order valence-electron chi connectivity index (χ4n) is 4.68. The highest BCUT2D eigenvalue weighted by molar-refractivity contribution is 5.80. The summed E-state index contributed by atoms with van der Waals surface area (Å²) in [5, 5.41) is 7.03. The van der Waals surface area contributed by atoms with E-state index in [4.69, 9.17) is 14.5 Å². The molecule has 7 heteroatoms. The maximum atomic E-state index is 12.2. The van der Waals surface area contributed by atoms with Gasteiger partial charge in [-0.1, -0.05) is 38.1 Å². The third kappa shape index (κ3) is 5.74. The number of carbonyl (C=O) groups is 1. The largest absolute Gasteiger partial charge is 0.444 e. The molecular formula is C25H40N4O3. The smallest absolute Gasteiger partial charge is 0.410 e. The van der Waals surface area contributed by atoms with Crippen molar-refractivity contribution in [3.8, 4) is 0 Å². The summed E-state index contributed by atoms with van der Waals surface area (Å²) in [6.07, 6.45) is 1.15. The van der Waals surface area contributed by atoms with E-state index in [1.54, 1.807) is 11.9 Å². The van der Waals surface area contributed by atoms with E-state index in [-0.39, 0.29) is 11.5 Å². The first kappa shape index (κ1) is 24.4. The molecule has 0 aromatic heterocycles. The maximum absolute atomic E-state index is 12.2. The Kier molecular flexibility index (Phi) is 7.38. The summed E-state index contributed by atoms with van der Waals surface area (Å²) in [6.45, 7) is 15.0. The van der Waals surface area contributed by atoms with Crippen molar-refractivity contribution in [2.24, 2.45) is 16.3 Å². The molecule has 178 valence electrons. The van der Waals surface area contributed by atoms with Gasteiger partial charge in [0.05, 0.1) is 12.6 Å². The van der Waals surface area contributed by atoms with Gasteiger partial charge in [-0.3, -0.25) is 0 Å². The molecule has 32 heavy (non-hydrogen) atoms. The number of fused-ring (bicyclic) bond motifs is 1. The molecule has 3 rings (SSSR count). The Labute approximate surface area is 192 Å². The van der Waals surface area contributed by atoms with Crippen LogP contribution in [0.2, 0.25) is 0 Å². The summed E-state index contributed by atoms with van der Waals surface area (Å²) in [6, 6.07) is 8.60. The number of nitrogens with zero attached hydrogens (tertiary/aromatic N) is 2. The molecule has 1 saturated heterocycles. The Bertz CT molecular complexity index is 813. The van der Waals surface area contributed by atoms with E-state index in [2.05, 4.69) is 43.5 Å². The summed E-state index contributed by atoms with van der Waals surface area (Å²) >= 11 is 0. The Morgan fingerprint density at radius 2 is 1.91 bits per heavy atom. The van der Waals surface area contributed by atoms with E-state index in [1.807, 2.05) is 32.9 Å². The molecule has 1 heterocycles. The van der Waals surface area contributed by atoms with Gasteiger partial charge in [-0.2, -0.15) is 0 Å². The van der Waals surface area contributed by atoms with Gasteiger partial charge in [-0.25, -0.2) is 9.79 Å². The Morgan fingerprint density at radius 3 is 2.53 bits per heavy atom. The monoisotopic (exact) mass is 444 g/mol. The number of hydrogen-bond donors (Lipinski definition) is 2. The lowest BCUT2D eigenvalue weighted by Gasteiger charge is -2.54. The van der Waals surface area contributed by atoms with Crippen LogP contribution >= 0.6 is 0 Å². The summed E-state index contributed by atoms with van der Waals surface area (Å²) in [4.78, 5) is 18.6. The highest BCUT2D eigenvalue weighted by Crippen LogP contribution is 2.52. The zero-order chi connectivity index (χ0) is 23.5. The quantitative estimate of drug-likeness (QED) is 0.514. The molecule has 1 aliphatic heterocycles. The number of nitrogens with one attached hydrogen (secondary N) is 2. The number of rotatable bonds is 6. The normalized spacial score (nSPS) is 24.3. The Balaban J connectivity index is 1.56. The van der Waals surface area contributed by atoms with E-state index in [9.17, 15) is 4.79 Å². The van der Waals surface area contributed by atoms with Crippen LogP contribution in [0.1, 0.15) is 59.1 Å². The molecule has 3 unspecified atom stereocenters. The first-order valence-electron chi connectivity index (χ1n) is 11.7. The zero-order valence-corrected chi connectivity index (χ0v) is 20.7. The second-order valence-electron chi connectivity index (χ2n) is 10.5. The van der Waals surface area contributed by atoms with E-state index in [0.29, 0.717) is 31.2 Å². The SMILES string of the molecule is CCNC(=NCc1ccc(CN(C)C(=O)OC(C)(C)C)cc1)NC1C2CCOC2C1(C)C. The fourth-order valence-corrected chi connectivity index (χ4v) is 4.68. The predicted molar refractivity (Wildman–Crippen MR) is 128 cm³/mol. The zero-order valence-electron chi connectivity index (χ0n) is 20.7. The van der Waals surface area contributed by atoms with Crippen molar-refractivity contribution in [1.82, 2.24) is 15.5 Å². The topological polar surface area (TPSA) is 75.2 Å². The van der Waals surface area contributed by atoms with Crippen LogP contribution in [0.15, 0.2) is 29.3 Å². The maximum Gasteiger partial charge on any atom is 0.410 e. The minimum Gasteiger partial charge on any atom is -0.444 e. The molecule has 2 fully saturated rings. The van der Waals surface area contributed by atoms with Crippen molar-refractivity contribution in [2.75, 3.05) is 20.2 Å². The van der Waals surface area contributed by atoms with Gasteiger partial charge in [0, 0.05) is 44.1 Å². The Hall–Kier alpha value is -2.28. The van der Waals surface area contributed by atoms with Crippen molar-refractivity contribution in [1.29, 1.82) is 0 Å². The number of carbonyl (C=O) groups excluding carboxylic acids is 1. The molecule has 0 spiro atoms. The van der Waals surface area contributed by atoms with Crippen LogP contribution in [0.25, 0.3) is 0 Å². The molecule has 2 aliphatic rings. The first-order chi connectivity index (χ1) is 15.0. The van der Waals surface area contributed by atoms with Crippen LogP contribution < -0.4 is 10.6 Å². The summed E-state index contributed by atoms with van der Waals surface area (Å²) in [7, 11) is 1.75. The molecule has 1 aromatic rings. The van der Waals surface area contributed by atoms with Crippen LogP contribution in [0.5, 0.6) is 0 Å². The van der Waals surface area contributed by atoms with E-state index < -0.39 is 5.60 Å². The molecule has 1 aromatic carbocycles. The van der Waals surface area contributed by atoms with Gasteiger partial charge >= 0.3 is 6.09 Å². The number of ether oxygens (including phenoxy) is 2. The standard InChI is InChI=1S/C25H40N4O3/c1-8-26-22(28-20-19-13-14-31-21(19)25(20,5)6)27-15-17-9-11-18(12-10-17)16-29(7)23(30)32-24(2,3)4/h9-12,19-21H,8,13-16H2,1-7H3,(H2,26,27,28). The van der Waals surface area contributed by atoms with Crippen molar-refractivity contribution < 1.29 is 14.3 Å². The third-order valence-corrected chi connectivity index (χ3v) is 6.30. The fraction of sp³-hybridized carbons (Fsp3) is 0.680. The minimum absolute atomic E-state index is 0.110. The number of guanidine groups is 1. The molecule has 1 aliphatic carbocycles. The van der Waals surface area contributed by atoms with Crippen LogP contribution in [0, 0.1) is 11.3 Å². The molecule has 1 saturated carbocycles. The molecule has 0 radical (unpaired) electrons. The van der Waals surface area contributed by atoms with Gasteiger partial charge in [0.15, 0.2) is 5.96 Å². The van der Waals surface area contributed by atoms with Gasteiger partial charge in [0.2, 0.25) is 0 Å². The number of amides is 1. The summed E-state index contributed by atoms with van der Waals surface area (Å²) in [5.74, 6) is 1.42. The van der Waals surface area contributed by atoms with Crippen molar-refractivity contribution in [2.45, 2.75) is 78.8 Å². The summed E-state index contributed by atoms with van der Waals surface area (Å²) < 4.78 is 11.3. The van der Waals surface area contributed by atoms with Crippen LogP contribution in [-0.2, 0) is 22.6 Å². The minimum atomic E-state index is -0.494. The molecule has 0 bridgehead atoms. The molecule has 7 nitrogen and oxygen atoms in total. The van der Waals surface area contributed by atoms with Crippen LogP contribution in [0.4, 0.5) is 4.79 Å². The van der Waals surface area contributed by atoms with Crippen molar-refractivity contribution in [3.05, 3.63) is 35.4 Å².